The lowest BCUT2D eigenvalue weighted by atomic mass is 10.2. The van der Waals surface area contributed by atoms with E-state index >= 15 is 0 Å². The summed E-state index contributed by atoms with van der Waals surface area (Å²) in [7, 11) is 0. The first-order valence-corrected chi connectivity index (χ1v) is 10.1. The molecule has 25 heavy (non-hydrogen) atoms. The predicted octanol–water partition coefficient (Wildman–Crippen LogP) is 4.62. The number of rotatable bonds is 6. The Hall–Kier alpha value is -1.70. The van der Waals surface area contributed by atoms with Gasteiger partial charge < -0.3 is 4.74 Å². The number of hydrogen-bond acceptors (Lipinski definition) is 5. The first-order chi connectivity index (χ1) is 12.3. The van der Waals surface area contributed by atoms with Crippen LogP contribution in [0.1, 0.15) is 18.4 Å². The molecule has 3 aromatic rings. The molecular formula is C18H18FN3OS2. The van der Waals surface area contributed by atoms with Gasteiger partial charge in [-0.15, -0.1) is 21.5 Å². The summed E-state index contributed by atoms with van der Waals surface area (Å²) in [5, 5.41) is 11.6. The molecule has 130 valence electrons. The zero-order chi connectivity index (χ0) is 17.1. The third-order valence-electron chi connectivity index (χ3n) is 4.18. The zero-order valence-electron chi connectivity index (χ0n) is 13.6. The zero-order valence-corrected chi connectivity index (χ0v) is 15.2. The fourth-order valence-electron chi connectivity index (χ4n) is 2.90. The number of thiophene rings is 1. The van der Waals surface area contributed by atoms with Crippen molar-refractivity contribution in [3.05, 3.63) is 53.2 Å². The van der Waals surface area contributed by atoms with Gasteiger partial charge in [-0.25, -0.2) is 4.39 Å². The van der Waals surface area contributed by atoms with Crippen LogP contribution in [-0.2, 0) is 17.0 Å². The van der Waals surface area contributed by atoms with Crippen molar-refractivity contribution in [1.29, 1.82) is 0 Å². The summed E-state index contributed by atoms with van der Waals surface area (Å²) in [4.78, 5) is 1.09. The number of halogens is 1. The molecule has 0 bridgehead atoms. The Labute approximate surface area is 154 Å². The van der Waals surface area contributed by atoms with E-state index in [1.54, 1.807) is 17.4 Å². The molecular weight excluding hydrogens is 357 g/mol. The maximum Gasteiger partial charge on any atom is 0.191 e. The monoisotopic (exact) mass is 375 g/mol. The van der Waals surface area contributed by atoms with Crippen LogP contribution in [-0.4, -0.2) is 27.5 Å². The summed E-state index contributed by atoms with van der Waals surface area (Å²) < 4.78 is 21.8. The molecule has 0 spiro atoms. The minimum absolute atomic E-state index is 0.182. The largest absolute Gasteiger partial charge is 0.376 e. The molecule has 1 aromatic carbocycles. The van der Waals surface area contributed by atoms with Gasteiger partial charge in [-0.05, 0) is 35.9 Å². The minimum atomic E-state index is -0.182. The summed E-state index contributed by atoms with van der Waals surface area (Å²) >= 11 is 3.16. The van der Waals surface area contributed by atoms with E-state index in [0.717, 1.165) is 41.9 Å². The molecule has 4 rings (SSSR count). The summed E-state index contributed by atoms with van der Waals surface area (Å²) in [6.45, 7) is 1.55. The smallest absolute Gasteiger partial charge is 0.191 e. The number of thioether (sulfide) groups is 1. The lowest BCUT2D eigenvalue weighted by Crippen LogP contribution is -2.16. The van der Waals surface area contributed by atoms with Crippen molar-refractivity contribution in [2.24, 2.45) is 0 Å². The lowest BCUT2D eigenvalue weighted by molar-refractivity contribution is 0.0953. The van der Waals surface area contributed by atoms with E-state index in [1.165, 1.54) is 17.8 Å². The van der Waals surface area contributed by atoms with Gasteiger partial charge in [0, 0.05) is 12.4 Å². The van der Waals surface area contributed by atoms with E-state index in [1.807, 2.05) is 29.6 Å². The summed E-state index contributed by atoms with van der Waals surface area (Å²) in [6, 6.07) is 10.9. The first kappa shape index (κ1) is 16.8. The molecule has 1 fully saturated rings. The molecule has 0 radical (unpaired) electrons. The molecule has 1 atom stereocenters. The van der Waals surface area contributed by atoms with Gasteiger partial charge in [0.05, 0.1) is 17.5 Å². The van der Waals surface area contributed by atoms with E-state index in [0.29, 0.717) is 11.3 Å². The fraction of sp³-hybridized carbons (Fsp3) is 0.333. The average Bonchev–Trinajstić information content (AvgIpc) is 3.37. The second kappa shape index (κ2) is 7.68. The normalized spacial score (nSPS) is 17.2. The van der Waals surface area contributed by atoms with Crippen LogP contribution >= 0.6 is 23.1 Å². The number of aromatic nitrogens is 3. The van der Waals surface area contributed by atoms with E-state index in [2.05, 4.69) is 14.8 Å². The molecule has 0 unspecified atom stereocenters. The highest BCUT2D eigenvalue weighted by Crippen LogP contribution is 2.30. The van der Waals surface area contributed by atoms with Crippen LogP contribution < -0.4 is 0 Å². The quantitative estimate of drug-likeness (QED) is 0.590. The number of benzene rings is 1. The second-order valence-electron chi connectivity index (χ2n) is 5.91. The van der Waals surface area contributed by atoms with E-state index in [9.17, 15) is 4.39 Å². The topological polar surface area (TPSA) is 39.9 Å². The average molecular weight is 375 g/mol. The standard InChI is InChI=1S/C18H18FN3OS2/c19-15-7-2-1-5-13(15)12-25-18-21-20-17(16-8-4-10-24-16)22(18)11-14-6-3-9-23-14/h1-2,4-5,7-8,10,14H,3,6,9,11-12H2/t14-/m1/s1. The SMILES string of the molecule is Fc1ccccc1CSc1nnc(-c2cccs2)n1C[C@H]1CCCO1. The Morgan fingerprint density at radius 3 is 2.92 bits per heavy atom. The van der Waals surface area contributed by atoms with Crippen molar-refractivity contribution in [3.8, 4) is 10.7 Å². The minimum Gasteiger partial charge on any atom is -0.376 e. The van der Waals surface area contributed by atoms with Crippen molar-refractivity contribution in [1.82, 2.24) is 14.8 Å². The molecule has 3 heterocycles. The maximum atomic E-state index is 13.9. The van der Waals surface area contributed by atoms with Crippen LogP contribution in [0.25, 0.3) is 10.7 Å². The van der Waals surface area contributed by atoms with Gasteiger partial charge in [0.25, 0.3) is 0 Å². The Morgan fingerprint density at radius 1 is 1.24 bits per heavy atom. The van der Waals surface area contributed by atoms with E-state index in [4.69, 9.17) is 4.74 Å². The van der Waals surface area contributed by atoms with Crippen LogP contribution in [0.4, 0.5) is 4.39 Å². The van der Waals surface area contributed by atoms with Crippen LogP contribution in [0.5, 0.6) is 0 Å². The maximum absolute atomic E-state index is 13.9. The lowest BCUT2D eigenvalue weighted by Gasteiger charge is -2.14. The van der Waals surface area contributed by atoms with Gasteiger partial charge in [0.2, 0.25) is 0 Å². The highest BCUT2D eigenvalue weighted by Gasteiger charge is 2.22. The van der Waals surface area contributed by atoms with Crippen molar-refractivity contribution in [2.45, 2.75) is 36.4 Å². The first-order valence-electron chi connectivity index (χ1n) is 8.26. The van der Waals surface area contributed by atoms with Crippen molar-refractivity contribution in [2.75, 3.05) is 6.61 Å². The van der Waals surface area contributed by atoms with E-state index in [-0.39, 0.29) is 11.9 Å². The molecule has 1 aliphatic rings. The van der Waals surface area contributed by atoms with Crippen LogP contribution in [0, 0.1) is 5.82 Å². The van der Waals surface area contributed by atoms with Gasteiger partial charge in [-0.1, -0.05) is 36.0 Å². The Balaban J connectivity index is 1.59. The summed E-state index contributed by atoms with van der Waals surface area (Å²) in [5.74, 6) is 1.21. The third-order valence-corrected chi connectivity index (χ3v) is 6.06. The van der Waals surface area contributed by atoms with E-state index < -0.39 is 0 Å². The molecule has 0 amide bonds. The van der Waals surface area contributed by atoms with Crippen LogP contribution in [0.3, 0.4) is 0 Å². The highest BCUT2D eigenvalue weighted by atomic mass is 32.2. The van der Waals surface area contributed by atoms with Crippen molar-refractivity contribution >= 4 is 23.1 Å². The molecule has 0 aliphatic carbocycles. The summed E-state index contributed by atoms with van der Waals surface area (Å²) in [5.41, 5.74) is 0.678. The van der Waals surface area contributed by atoms with Gasteiger partial charge in [-0.3, -0.25) is 4.57 Å². The Morgan fingerprint density at radius 2 is 2.16 bits per heavy atom. The second-order valence-corrected chi connectivity index (χ2v) is 7.80. The molecule has 4 nitrogen and oxygen atoms in total. The molecule has 0 saturated carbocycles. The molecule has 1 aliphatic heterocycles. The van der Waals surface area contributed by atoms with Crippen LogP contribution in [0.2, 0.25) is 0 Å². The van der Waals surface area contributed by atoms with Crippen molar-refractivity contribution < 1.29 is 9.13 Å². The van der Waals surface area contributed by atoms with Crippen LogP contribution in [0.15, 0.2) is 46.9 Å². The van der Waals surface area contributed by atoms with Gasteiger partial charge in [0.1, 0.15) is 5.82 Å². The predicted molar refractivity (Wildman–Crippen MR) is 98.3 cm³/mol. The Bertz CT molecular complexity index is 829. The summed E-state index contributed by atoms with van der Waals surface area (Å²) in [6.07, 6.45) is 2.35. The molecule has 2 aromatic heterocycles. The number of nitrogens with zero attached hydrogens (tertiary/aromatic N) is 3. The van der Waals surface area contributed by atoms with Gasteiger partial charge in [-0.2, -0.15) is 0 Å². The number of hydrogen-bond donors (Lipinski definition) is 0. The fourth-order valence-corrected chi connectivity index (χ4v) is 4.55. The highest BCUT2D eigenvalue weighted by molar-refractivity contribution is 7.98. The molecule has 7 heteroatoms. The van der Waals surface area contributed by atoms with Gasteiger partial charge in [0.15, 0.2) is 11.0 Å². The van der Waals surface area contributed by atoms with Gasteiger partial charge >= 0.3 is 0 Å². The molecule has 0 N–H and O–H groups in total. The van der Waals surface area contributed by atoms with Crippen molar-refractivity contribution in [3.63, 3.8) is 0 Å². The Kier molecular flexibility index (Phi) is 5.14. The molecule has 1 saturated heterocycles. The number of ether oxygens (including phenoxy) is 1. The third kappa shape index (κ3) is 3.78.